The minimum atomic E-state index is -1.62. The van der Waals surface area contributed by atoms with E-state index in [9.17, 15) is 63.9 Å². The number of quaternary nitrogens is 1. The van der Waals surface area contributed by atoms with Gasteiger partial charge in [0.1, 0.15) is 30.3 Å². The molecule has 1 aromatic heterocycles. The molecule has 8 N–H and O–H groups in total. The van der Waals surface area contributed by atoms with Crippen LogP contribution in [0.5, 0.6) is 0 Å². The number of amides is 2. The fourth-order valence-corrected chi connectivity index (χ4v) is 7.14. The standard InChI is InChI=1S/C31H39N7O14/c39-19(4-5-20(28(48)49)32-30(52)33-21(29(50)51)6-7-24(40)41)13-18(27(46)47)3-1-2-12-38-16-22-34(14-25(42)43)8-10-36(22)31(38)37-11-9-35(15-26(44)45)23(37)17-38/h8-10,18,20-21,31H,1-7,11-17H2,(H4-4,32,33,40,41,42,43,44,45,46,47,48,49,50,51,52)/p+4/t18-,20+,21+,31?,38?/m1/s1. The second-order valence-electron chi connectivity index (χ2n) is 13.2. The fourth-order valence-electron chi connectivity index (χ4n) is 7.14. The van der Waals surface area contributed by atoms with Crippen LogP contribution in [0, 0.1) is 5.92 Å². The van der Waals surface area contributed by atoms with Crippen LogP contribution in [0.3, 0.4) is 0 Å². The molecule has 0 radical (unpaired) electrons. The summed E-state index contributed by atoms with van der Waals surface area (Å²) in [6, 6.07) is -4.41. The van der Waals surface area contributed by atoms with Crippen molar-refractivity contribution in [3.8, 4) is 0 Å². The number of carboxylic acids is 6. The van der Waals surface area contributed by atoms with Crippen molar-refractivity contribution in [2.75, 3.05) is 26.2 Å². The highest BCUT2D eigenvalue weighted by molar-refractivity contribution is 5.88. The maximum absolute atomic E-state index is 12.8. The SMILES string of the molecule is O=C(O)CC[C@H](NC(=O)N[C@@H](CCC(=O)C[C@@H](CCCC[N+]12CC3=[N+](CC=[N+]3CC(=O)O)C1n1cc[n+](CC(=O)O)c1C2)C(=O)O)C(=O)O)C(=O)O. The van der Waals surface area contributed by atoms with Crippen LogP contribution in [0.1, 0.15) is 63.5 Å². The van der Waals surface area contributed by atoms with E-state index in [-0.39, 0.29) is 32.2 Å². The number of carboxylic acid groups (broad SMARTS) is 6. The molecular weight excluding hydrogens is 694 g/mol. The molecule has 4 rings (SSSR count). The molecule has 2 unspecified atom stereocenters. The third-order valence-electron chi connectivity index (χ3n) is 9.53. The van der Waals surface area contributed by atoms with E-state index in [1.165, 1.54) is 0 Å². The van der Waals surface area contributed by atoms with Crippen molar-refractivity contribution in [1.82, 2.24) is 15.2 Å². The number of amidine groups is 1. The van der Waals surface area contributed by atoms with Crippen LogP contribution < -0.4 is 15.2 Å². The molecule has 0 spiro atoms. The van der Waals surface area contributed by atoms with Gasteiger partial charge in [0, 0.05) is 19.3 Å². The van der Waals surface area contributed by atoms with Crippen LogP contribution in [-0.4, -0.2) is 147 Å². The average Bonchev–Trinajstić information content (AvgIpc) is 3.76. The normalized spacial score (nSPS) is 20.2. The monoisotopic (exact) mass is 737 g/mol. The number of urea groups is 1. The Balaban J connectivity index is 1.32. The minimum Gasteiger partial charge on any atom is -0.481 e. The largest absolute Gasteiger partial charge is 0.481 e. The van der Waals surface area contributed by atoms with Crippen molar-refractivity contribution in [2.24, 2.45) is 5.92 Å². The molecule has 0 fully saturated rings. The number of nitrogens with zero attached hydrogens (tertiary/aromatic N) is 5. The van der Waals surface area contributed by atoms with Crippen LogP contribution in [0.15, 0.2) is 12.4 Å². The summed E-state index contributed by atoms with van der Waals surface area (Å²) in [6.45, 7) is 1.51. The number of rotatable bonds is 22. The highest BCUT2D eigenvalue weighted by Crippen LogP contribution is 2.40. The molecule has 282 valence electrons. The van der Waals surface area contributed by atoms with Crippen LogP contribution in [0.25, 0.3) is 0 Å². The quantitative estimate of drug-likeness (QED) is 0.0361. The second-order valence-corrected chi connectivity index (χ2v) is 13.2. The first-order valence-electron chi connectivity index (χ1n) is 16.6. The Morgan fingerprint density at radius 2 is 1.42 bits per heavy atom. The first-order chi connectivity index (χ1) is 24.5. The number of nitrogens with one attached hydrogen (secondary N) is 2. The van der Waals surface area contributed by atoms with Crippen LogP contribution in [0.4, 0.5) is 4.79 Å². The molecule has 52 heavy (non-hydrogen) atoms. The van der Waals surface area contributed by atoms with E-state index in [0.29, 0.717) is 43.5 Å². The Labute approximate surface area is 295 Å². The molecule has 1 aromatic rings. The van der Waals surface area contributed by atoms with Crippen LogP contribution >= 0.6 is 0 Å². The predicted octanol–water partition coefficient (Wildman–Crippen LogP) is -2.07. The van der Waals surface area contributed by atoms with E-state index in [2.05, 4.69) is 4.58 Å². The zero-order chi connectivity index (χ0) is 38.3. The van der Waals surface area contributed by atoms with Crippen molar-refractivity contribution < 1.29 is 87.2 Å². The van der Waals surface area contributed by atoms with Gasteiger partial charge in [0.15, 0.2) is 13.1 Å². The molecule has 21 nitrogen and oxygen atoms in total. The van der Waals surface area contributed by atoms with Gasteiger partial charge >= 0.3 is 59.8 Å². The van der Waals surface area contributed by atoms with Crippen molar-refractivity contribution in [3.05, 3.63) is 18.2 Å². The Morgan fingerprint density at radius 1 is 0.788 bits per heavy atom. The molecule has 21 heteroatoms. The van der Waals surface area contributed by atoms with Gasteiger partial charge in [0.25, 0.3) is 6.54 Å². The Bertz CT molecular complexity index is 1720. The minimum absolute atomic E-state index is 0.131. The van der Waals surface area contributed by atoms with Crippen molar-refractivity contribution in [1.29, 1.82) is 0 Å². The van der Waals surface area contributed by atoms with E-state index < -0.39 is 91.3 Å². The smallest absolute Gasteiger partial charge is 0.478 e. The summed E-state index contributed by atoms with van der Waals surface area (Å²) in [5, 5.41) is 60.2. The lowest BCUT2D eigenvalue weighted by Crippen LogP contribution is -2.51. The summed E-state index contributed by atoms with van der Waals surface area (Å²) >= 11 is 0. The Kier molecular flexibility index (Phi) is 12.4. The number of ketones is 1. The van der Waals surface area contributed by atoms with Gasteiger partial charge in [-0.2, -0.15) is 0 Å². The van der Waals surface area contributed by atoms with Crippen LogP contribution in [0.2, 0.25) is 0 Å². The highest BCUT2D eigenvalue weighted by Gasteiger charge is 2.69. The van der Waals surface area contributed by atoms with Gasteiger partial charge in [-0.25, -0.2) is 33.0 Å². The summed E-state index contributed by atoms with van der Waals surface area (Å²) in [4.78, 5) is 93.9. The van der Waals surface area contributed by atoms with Crippen molar-refractivity contribution in [3.63, 3.8) is 0 Å². The number of carbonyl (C=O) groups is 8. The number of unbranched alkanes of at least 4 members (excludes halogenated alkanes) is 1. The molecule has 4 heterocycles. The average molecular weight is 738 g/mol. The summed E-state index contributed by atoms with van der Waals surface area (Å²) in [7, 11) is 0. The first kappa shape index (κ1) is 39.1. The molecule has 0 aromatic carbocycles. The third kappa shape index (κ3) is 9.33. The zero-order valence-corrected chi connectivity index (χ0v) is 28.1. The second kappa shape index (κ2) is 16.5. The summed E-state index contributed by atoms with van der Waals surface area (Å²) < 4.78 is 7.91. The Morgan fingerprint density at radius 3 is 2.00 bits per heavy atom. The molecule has 5 atom stereocenters. The van der Waals surface area contributed by atoms with Gasteiger partial charge in [0.2, 0.25) is 19.3 Å². The van der Waals surface area contributed by atoms with Crippen molar-refractivity contribution in [2.45, 2.75) is 82.8 Å². The molecular formula is C31H43N7O14+4. The summed E-state index contributed by atoms with van der Waals surface area (Å²) in [5.74, 6) is -7.54. The number of hydrogen-bond donors (Lipinski definition) is 8. The maximum Gasteiger partial charge on any atom is 0.478 e. The molecule has 0 saturated carbocycles. The lowest BCUT2D eigenvalue weighted by molar-refractivity contribution is -1.02. The van der Waals surface area contributed by atoms with E-state index in [1.54, 1.807) is 15.3 Å². The molecule has 2 amide bonds. The number of fused-ring (bicyclic) bond motifs is 4. The van der Waals surface area contributed by atoms with E-state index >= 15 is 0 Å². The molecule has 0 bridgehead atoms. The fraction of sp³-hybridized carbons (Fsp3) is 0.581. The van der Waals surface area contributed by atoms with E-state index in [4.69, 9.17) is 5.11 Å². The number of aliphatic carboxylic acids is 6. The maximum atomic E-state index is 12.8. The van der Waals surface area contributed by atoms with E-state index in [1.807, 2.05) is 27.6 Å². The lowest BCUT2D eigenvalue weighted by Gasteiger charge is -2.27. The molecule has 0 aliphatic carbocycles. The van der Waals surface area contributed by atoms with Crippen LogP contribution in [-0.2, 0) is 46.7 Å². The van der Waals surface area contributed by atoms with Gasteiger partial charge in [-0.1, -0.05) is 4.58 Å². The zero-order valence-electron chi connectivity index (χ0n) is 28.1. The van der Waals surface area contributed by atoms with Gasteiger partial charge < -0.3 is 41.3 Å². The predicted molar refractivity (Wildman–Crippen MR) is 169 cm³/mol. The van der Waals surface area contributed by atoms with Crippen molar-refractivity contribution >= 4 is 59.7 Å². The summed E-state index contributed by atoms with van der Waals surface area (Å²) in [5.41, 5.74) is 0. The molecule has 3 aliphatic rings. The number of Topliss-reactive ketones (excluding diaryl/α,β-unsaturated/α-hetero) is 1. The topological polar surface area (TPSA) is 297 Å². The first-order valence-corrected chi connectivity index (χ1v) is 16.6. The summed E-state index contributed by atoms with van der Waals surface area (Å²) in [6.07, 6.45) is 3.93. The van der Waals surface area contributed by atoms with E-state index in [0.717, 1.165) is 11.7 Å². The molecule has 0 saturated heterocycles. The van der Waals surface area contributed by atoms with Gasteiger partial charge in [-0.05, 0) is 32.1 Å². The number of hydrogen-bond acceptors (Lipinski definition) is 8. The molecule has 3 aliphatic heterocycles. The Hall–Kier alpha value is -5.73. The lowest BCUT2D eigenvalue weighted by atomic mass is 9.93. The number of imidazole rings is 1. The number of aromatic nitrogens is 2. The van der Waals surface area contributed by atoms with Gasteiger partial charge in [-0.15, -0.1) is 9.14 Å². The third-order valence-corrected chi connectivity index (χ3v) is 9.53. The highest BCUT2D eigenvalue weighted by atomic mass is 16.4. The van der Waals surface area contributed by atoms with Gasteiger partial charge in [-0.3, -0.25) is 14.4 Å². The van der Waals surface area contributed by atoms with Gasteiger partial charge in [0.05, 0.1) is 12.5 Å². The number of carbonyl (C=O) groups excluding carboxylic acids is 2.